The molecule has 0 aromatic carbocycles. The predicted octanol–water partition coefficient (Wildman–Crippen LogP) is 1.49. The molecule has 11 heavy (non-hydrogen) atoms. The molecule has 0 atom stereocenters. The molecule has 3 nitrogen and oxygen atoms in total. The van der Waals surface area contributed by atoms with Gasteiger partial charge < -0.3 is 10.8 Å². The van der Waals surface area contributed by atoms with Crippen molar-refractivity contribution < 1.29 is 5.11 Å². The zero-order valence-corrected chi connectivity index (χ0v) is 6.70. The number of aromatic nitrogens is 1. The maximum absolute atomic E-state index is 9.16. The Morgan fingerprint density at radius 2 is 2.18 bits per heavy atom. The van der Waals surface area contributed by atoms with E-state index in [4.69, 9.17) is 10.8 Å². The van der Waals surface area contributed by atoms with E-state index in [1.54, 1.807) is 12.3 Å². The van der Waals surface area contributed by atoms with Gasteiger partial charge in [-0.05, 0) is 17.5 Å². The van der Waals surface area contributed by atoms with Crippen LogP contribution in [0.5, 0.6) is 5.75 Å². The van der Waals surface area contributed by atoms with Crippen LogP contribution in [0.4, 0.5) is 5.82 Å². The summed E-state index contributed by atoms with van der Waals surface area (Å²) in [5, 5.41) is 9.16. The van der Waals surface area contributed by atoms with Crippen LogP contribution in [0.15, 0.2) is 12.3 Å². The van der Waals surface area contributed by atoms with Gasteiger partial charge in [0, 0.05) is 6.20 Å². The number of hydrogen-bond donors (Lipinski definition) is 2. The van der Waals surface area contributed by atoms with Gasteiger partial charge in [-0.1, -0.05) is 13.8 Å². The van der Waals surface area contributed by atoms with Crippen LogP contribution in [-0.2, 0) is 0 Å². The maximum Gasteiger partial charge on any atom is 0.165 e. The molecule has 0 unspecified atom stereocenters. The number of nitrogen functional groups attached to an aromatic ring is 1. The van der Waals surface area contributed by atoms with Gasteiger partial charge in [0.2, 0.25) is 0 Å². The normalized spacial score (nSPS) is 10.5. The summed E-state index contributed by atoms with van der Waals surface area (Å²) in [5.74, 6) is 0.625. The fourth-order valence-corrected chi connectivity index (χ4v) is 0.795. The summed E-state index contributed by atoms with van der Waals surface area (Å²) >= 11 is 0. The molecule has 0 bridgehead atoms. The SMILES string of the molecule is CC(C)c1cnc(N)c(O)c1. The molecular weight excluding hydrogens is 140 g/mol. The third-order valence-corrected chi connectivity index (χ3v) is 1.59. The average molecular weight is 152 g/mol. The van der Waals surface area contributed by atoms with Crippen LogP contribution in [0.25, 0.3) is 0 Å². The van der Waals surface area contributed by atoms with Crippen molar-refractivity contribution in [2.24, 2.45) is 0 Å². The molecule has 60 valence electrons. The smallest absolute Gasteiger partial charge is 0.165 e. The molecule has 0 amide bonds. The molecule has 3 N–H and O–H groups in total. The van der Waals surface area contributed by atoms with Crippen LogP contribution in [0.2, 0.25) is 0 Å². The molecule has 1 heterocycles. The number of anilines is 1. The Kier molecular flexibility index (Phi) is 1.98. The number of nitrogens with zero attached hydrogens (tertiary/aromatic N) is 1. The molecule has 1 rings (SSSR count). The van der Waals surface area contributed by atoms with Crippen LogP contribution in [-0.4, -0.2) is 10.1 Å². The van der Waals surface area contributed by atoms with E-state index < -0.39 is 0 Å². The Bertz CT molecular complexity index is 258. The van der Waals surface area contributed by atoms with Crippen molar-refractivity contribution in [2.45, 2.75) is 19.8 Å². The van der Waals surface area contributed by atoms with E-state index in [1.165, 1.54) is 0 Å². The standard InChI is InChI=1S/C8H12N2O/c1-5(2)6-3-7(11)8(9)10-4-6/h3-5,11H,1-2H3,(H2,9,10). The minimum Gasteiger partial charge on any atom is -0.504 e. The van der Waals surface area contributed by atoms with Crippen LogP contribution >= 0.6 is 0 Å². The summed E-state index contributed by atoms with van der Waals surface area (Å²) in [6.45, 7) is 4.07. The fraction of sp³-hybridized carbons (Fsp3) is 0.375. The Labute approximate surface area is 65.9 Å². The molecule has 1 aromatic heterocycles. The third-order valence-electron chi connectivity index (χ3n) is 1.59. The summed E-state index contributed by atoms with van der Waals surface area (Å²) in [6.07, 6.45) is 1.68. The highest BCUT2D eigenvalue weighted by atomic mass is 16.3. The second-order valence-electron chi connectivity index (χ2n) is 2.83. The summed E-state index contributed by atoms with van der Waals surface area (Å²) in [7, 11) is 0. The van der Waals surface area contributed by atoms with Gasteiger partial charge in [-0.3, -0.25) is 0 Å². The van der Waals surface area contributed by atoms with E-state index in [1.807, 2.05) is 13.8 Å². The molecular formula is C8H12N2O. The molecule has 3 heteroatoms. The number of pyridine rings is 1. The van der Waals surface area contributed by atoms with Gasteiger partial charge in [0.25, 0.3) is 0 Å². The van der Waals surface area contributed by atoms with Crippen molar-refractivity contribution in [3.8, 4) is 5.75 Å². The van der Waals surface area contributed by atoms with Crippen LogP contribution in [0.3, 0.4) is 0 Å². The Balaban J connectivity index is 3.05. The molecule has 0 aliphatic carbocycles. The third kappa shape index (κ3) is 1.61. The molecule has 0 spiro atoms. The summed E-state index contributed by atoms with van der Waals surface area (Å²) in [4.78, 5) is 3.83. The van der Waals surface area contributed by atoms with Crippen molar-refractivity contribution in [3.63, 3.8) is 0 Å². The van der Waals surface area contributed by atoms with E-state index >= 15 is 0 Å². The molecule has 0 fully saturated rings. The van der Waals surface area contributed by atoms with E-state index in [0.29, 0.717) is 5.92 Å². The van der Waals surface area contributed by atoms with Crippen LogP contribution < -0.4 is 5.73 Å². The highest BCUT2D eigenvalue weighted by Gasteiger charge is 2.02. The highest BCUT2D eigenvalue weighted by Crippen LogP contribution is 2.22. The summed E-state index contributed by atoms with van der Waals surface area (Å²) in [5.41, 5.74) is 6.32. The van der Waals surface area contributed by atoms with E-state index in [-0.39, 0.29) is 11.6 Å². The quantitative estimate of drug-likeness (QED) is 0.641. The lowest BCUT2D eigenvalue weighted by Gasteiger charge is -2.05. The average Bonchev–Trinajstić information content (AvgIpc) is 1.94. The first-order chi connectivity index (χ1) is 5.11. The lowest BCUT2D eigenvalue weighted by atomic mass is 10.1. The Morgan fingerprint density at radius 3 is 2.64 bits per heavy atom. The zero-order chi connectivity index (χ0) is 8.43. The molecule has 0 radical (unpaired) electrons. The number of hydrogen-bond acceptors (Lipinski definition) is 3. The lowest BCUT2D eigenvalue weighted by molar-refractivity contribution is 0.474. The lowest BCUT2D eigenvalue weighted by Crippen LogP contribution is -1.94. The van der Waals surface area contributed by atoms with Crippen molar-refractivity contribution in [2.75, 3.05) is 5.73 Å². The van der Waals surface area contributed by atoms with Gasteiger partial charge in [-0.25, -0.2) is 4.98 Å². The molecule has 0 saturated heterocycles. The summed E-state index contributed by atoms with van der Waals surface area (Å²) < 4.78 is 0. The van der Waals surface area contributed by atoms with Crippen LogP contribution in [0, 0.1) is 0 Å². The van der Waals surface area contributed by atoms with Gasteiger partial charge in [0.1, 0.15) is 0 Å². The highest BCUT2D eigenvalue weighted by molar-refractivity contribution is 5.46. The molecule has 0 saturated carbocycles. The predicted molar refractivity (Wildman–Crippen MR) is 44.4 cm³/mol. The van der Waals surface area contributed by atoms with Crippen molar-refractivity contribution in [3.05, 3.63) is 17.8 Å². The van der Waals surface area contributed by atoms with E-state index in [2.05, 4.69) is 4.98 Å². The summed E-state index contributed by atoms with van der Waals surface area (Å²) in [6, 6.07) is 1.65. The number of rotatable bonds is 1. The van der Waals surface area contributed by atoms with E-state index in [0.717, 1.165) is 5.56 Å². The number of aromatic hydroxyl groups is 1. The van der Waals surface area contributed by atoms with E-state index in [9.17, 15) is 0 Å². The molecule has 0 aliphatic heterocycles. The van der Waals surface area contributed by atoms with Crippen molar-refractivity contribution in [1.29, 1.82) is 0 Å². The van der Waals surface area contributed by atoms with Crippen LogP contribution in [0.1, 0.15) is 25.3 Å². The fourth-order valence-electron chi connectivity index (χ4n) is 0.795. The molecule has 1 aromatic rings. The van der Waals surface area contributed by atoms with Crippen molar-refractivity contribution in [1.82, 2.24) is 4.98 Å². The van der Waals surface area contributed by atoms with Gasteiger partial charge in [0.15, 0.2) is 11.6 Å². The van der Waals surface area contributed by atoms with Gasteiger partial charge in [-0.15, -0.1) is 0 Å². The van der Waals surface area contributed by atoms with Gasteiger partial charge in [0.05, 0.1) is 0 Å². The number of nitrogens with two attached hydrogens (primary N) is 1. The first-order valence-electron chi connectivity index (χ1n) is 3.55. The monoisotopic (exact) mass is 152 g/mol. The van der Waals surface area contributed by atoms with Gasteiger partial charge >= 0.3 is 0 Å². The Hall–Kier alpha value is -1.25. The minimum atomic E-state index is 0.0659. The second-order valence-corrected chi connectivity index (χ2v) is 2.83. The maximum atomic E-state index is 9.16. The first-order valence-corrected chi connectivity index (χ1v) is 3.55. The second kappa shape index (κ2) is 2.78. The zero-order valence-electron chi connectivity index (χ0n) is 6.70. The first kappa shape index (κ1) is 7.85. The largest absolute Gasteiger partial charge is 0.504 e. The topological polar surface area (TPSA) is 59.1 Å². The molecule has 0 aliphatic rings. The van der Waals surface area contributed by atoms with Gasteiger partial charge in [-0.2, -0.15) is 0 Å². The van der Waals surface area contributed by atoms with Crippen molar-refractivity contribution >= 4 is 5.82 Å². The Morgan fingerprint density at radius 1 is 1.55 bits per heavy atom. The minimum absolute atomic E-state index is 0.0659.